The van der Waals surface area contributed by atoms with E-state index in [1.807, 2.05) is 37.4 Å². The molecule has 1 aromatic carbocycles. The Kier molecular flexibility index (Phi) is 4.69. The van der Waals surface area contributed by atoms with Crippen molar-refractivity contribution in [1.82, 2.24) is 5.32 Å². The van der Waals surface area contributed by atoms with Gasteiger partial charge in [0.1, 0.15) is 23.0 Å². The maximum Gasteiger partial charge on any atom is 0.125 e. The van der Waals surface area contributed by atoms with E-state index in [0.717, 1.165) is 35.0 Å². The topological polar surface area (TPSA) is 43.6 Å². The molecule has 0 aliphatic heterocycles. The largest absolute Gasteiger partial charge is 0.497 e. The average Bonchev–Trinajstić information content (AvgIpc) is 2.96. The zero-order valence-electron chi connectivity index (χ0n) is 12.4. The average molecular weight is 275 g/mol. The lowest BCUT2D eigenvalue weighted by Gasteiger charge is -2.18. The van der Waals surface area contributed by atoms with Crippen molar-refractivity contribution in [3.63, 3.8) is 0 Å². The highest BCUT2D eigenvalue weighted by Crippen LogP contribution is 2.33. The molecule has 1 N–H and O–H groups in total. The van der Waals surface area contributed by atoms with E-state index < -0.39 is 0 Å². The van der Waals surface area contributed by atoms with Crippen LogP contribution in [-0.2, 0) is 6.42 Å². The number of benzene rings is 1. The van der Waals surface area contributed by atoms with Gasteiger partial charge in [0, 0.05) is 12.0 Å². The third-order valence-electron chi connectivity index (χ3n) is 3.35. The van der Waals surface area contributed by atoms with Gasteiger partial charge in [-0.25, -0.2) is 0 Å². The summed E-state index contributed by atoms with van der Waals surface area (Å²) in [5, 5.41) is 3.27. The monoisotopic (exact) mass is 275 g/mol. The summed E-state index contributed by atoms with van der Waals surface area (Å²) in [5.41, 5.74) is 0.992. The Morgan fingerprint density at radius 1 is 1.15 bits per heavy atom. The molecule has 0 spiro atoms. The van der Waals surface area contributed by atoms with Crippen LogP contribution in [0.15, 0.2) is 34.7 Å². The van der Waals surface area contributed by atoms with Crippen LogP contribution in [0.3, 0.4) is 0 Å². The molecule has 0 aliphatic carbocycles. The second-order valence-electron chi connectivity index (χ2n) is 4.49. The summed E-state index contributed by atoms with van der Waals surface area (Å²) < 4.78 is 16.6. The summed E-state index contributed by atoms with van der Waals surface area (Å²) in [6.45, 7) is 2.07. The van der Waals surface area contributed by atoms with Gasteiger partial charge in [0.25, 0.3) is 0 Å². The molecular weight excluding hydrogens is 254 g/mol. The number of aryl methyl sites for hydroxylation is 1. The van der Waals surface area contributed by atoms with Crippen LogP contribution in [0, 0.1) is 0 Å². The van der Waals surface area contributed by atoms with Gasteiger partial charge in [0.15, 0.2) is 0 Å². The lowest BCUT2D eigenvalue weighted by molar-refractivity contribution is 0.384. The van der Waals surface area contributed by atoms with Crippen LogP contribution in [0.4, 0.5) is 0 Å². The van der Waals surface area contributed by atoms with Crippen LogP contribution in [0.2, 0.25) is 0 Å². The minimum absolute atomic E-state index is 0.0691. The molecule has 1 aromatic heterocycles. The smallest absolute Gasteiger partial charge is 0.125 e. The van der Waals surface area contributed by atoms with Crippen molar-refractivity contribution in [3.8, 4) is 11.5 Å². The molecule has 0 amide bonds. The first-order valence-electron chi connectivity index (χ1n) is 6.71. The van der Waals surface area contributed by atoms with E-state index in [4.69, 9.17) is 13.9 Å². The van der Waals surface area contributed by atoms with Gasteiger partial charge in [-0.15, -0.1) is 0 Å². The summed E-state index contributed by atoms with van der Waals surface area (Å²) in [6.07, 6.45) is 0.881. The molecule has 0 fully saturated rings. The van der Waals surface area contributed by atoms with Gasteiger partial charge in [-0.3, -0.25) is 0 Å². The lowest BCUT2D eigenvalue weighted by Crippen LogP contribution is -2.18. The number of nitrogens with one attached hydrogen (secondary N) is 1. The first kappa shape index (κ1) is 14.5. The zero-order chi connectivity index (χ0) is 14.5. The first-order chi connectivity index (χ1) is 9.73. The third-order valence-corrected chi connectivity index (χ3v) is 3.35. The molecule has 4 heteroatoms. The van der Waals surface area contributed by atoms with Gasteiger partial charge in [0.05, 0.1) is 20.3 Å². The molecule has 1 unspecified atom stereocenters. The second-order valence-corrected chi connectivity index (χ2v) is 4.49. The number of methoxy groups -OCH3 is 2. The van der Waals surface area contributed by atoms with E-state index in [1.54, 1.807) is 14.2 Å². The van der Waals surface area contributed by atoms with Gasteiger partial charge in [-0.05, 0) is 37.4 Å². The molecular formula is C16H21NO3. The fourth-order valence-corrected chi connectivity index (χ4v) is 2.26. The Morgan fingerprint density at radius 2 is 1.95 bits per heavy atom. The fraction of sp³-hybridized carbons (Fsp3) is 0.375. The van der Waals surface area contributed by atoms with Crippen molar-refractivity contribution in [2.24, 2.45) is 0 Å². The van der Waals surface area contributed by atoms with Gasteiger partial charge in [-0.1, -0.05) is 6.92 Å². The minimum Gasteiger partial charge on any atom is -0.497 e. The van der Waals surface area contributed by atoms with E-state index in [9.17, 15) is 0 Å². The molecule has 0 radical (unpaired) electrons. The Labute approximate surface area is 119 Å². The molecule has 4 nitrogen and oxygen atoms in total. The molecule has 1 atom stereocenters. The molecule has 0 aliphatic rings. The zero-order valence-corrected chi connectivity index (χ0v) is 12.4. The van der Waals surface area contributed by atoms with E-state index in [0.29, 0.717) is 0 Å². The highest BCUT2D eigenvalue weighted by atomic mass is 16.5. The van der Waals surface area contributed by atoms with Gasteiger partial charge >= 0.3 is 0 Å². The van der Waals surface area contributed by atoms with Gasteiger partial charge < -0.3 is 19.2 Å². The summed E-state index contributed by atoms with van der Waals surface area (Å²) in [4.78, 5) is 0. The van der Waals surface area contributed by atoms with Crippen molar-refractivity contribution in [3.05, 3.63) is 47.4 Å². The van der Waals surface area contributed by atoms with Crippen molar-refractivity contribution >= 4 is 0 Å². The minimum atomic E-state index is -0.0691. The van der Waals surface area contributed by atoms with Crippen molar-refractivity contribution in [2.75, 3.05) is 21.3 Å². The second kappa shape index (κ2) is 6.48. The predicted molar refractivity (Wildman–Crippen MR) is 78.5 cm³/mol. The maximum absolute atomic E-state index is 5.85. The molecule has 0 saturated carbocycles. The van der Waals surface area contributed by atoms with Crippen molar-refractivity contribution in [2.45, 2.75) is 19.4 Å². The molecule has 1 heterocycles. The van der Waals surface area contributed by atoms with Crippen LogP contribution in [0.1, 0.15) is 30.0 Å². The standard InChI is InChI=1S/C16H21NO3/c1-5-11-6-9-15(20-11)16(17-2)13-10-12(18-3)7-8-14(13)19-4/h6-10,16-17H,5H2,1-4H3. The first-order valence-corrected chi connectivity index (χ1v) is 6.71. The highest BCUT2D eigenvalue weighted by Gasteiger charge is 2.20. The van der Waals surface area contributed by atoms with Crippen molar-refractivity contribution in [1.29, 1.82) is 0 Å². The van der Waals surface area contributed by atoms with E-state index >= 15 is 0 Å². The Balaban J connectivity index is 2.44. The summed E-state index contributed by atoms with van der Waals surface area (Å²) in [5.74, 6) is 3.45. The van der Waals surface area contributed by atoms with Crippen molar-refractivity contribution < 1.29 is 13.9 Å². The fourth-order valence-electron chi connectivity index (χ4n) is 2.26. The van der Waals surface area contributed by atoms with Crippen LogP contribution in [0.25, 0.3) is 0 Å². The number of rotatable bonds is 6. The summed E-state index contributed by atoms with van der Waals surface area (Å²) in [7, 11) is 5.22. The van der Waals surface area contributed by atoms with Gasteiger partial charge in [-0.2, -0.15) is 0 Å². The SMILES string of the molecule is CCc1ccc(C(NC)c2cc(OC)ccc2OC)o1. The Bertz CT molecular complexity index is 563. The number of hydrogen-bond donors (Lipinski definition) is 1. The van der Waals surface area contributed by atoms with Crippen LogP contribution < -0.4 is 14.8 Å². The normalized spacial score (nSPS) is 12.2. The predicted octanol–water partition coefficient (Wildman–Crippen LogP) is 3.17. The van der Waals surface area contributed by atoms with E-state index in [1.165, 1.54) is 0 Å². The Morgan fingerprint density at radius 3 is 2.50 bits per heavy atom. The van der Waals surface area contributed by atoms with Crippen LogP contribution in [-0.4, -0.2) is 21.3 Å². The molecule has 2 rings (SSSR count). The van der Waals surface area contributed by atoms with E-state index in [-0.39, 0.29) is 6.04 Å². The van der Waals surface area contributed by atoms with E-state index in [2.05, 4.69) is 12.2 Å². The van der Waals surface area contributed by atoms with Crippen LogP contribution in [0.5, 0.6) is 11.5 Å². The number of ether oxygens (including phenoxy) is 2. The number of hydrogen-bond acceptors (Lipinski definition) is 4. The van der Waals surface area contributed by atoms with Crippen LogP contribution >= 0.6 is 0 Å². The maximum atomic E-state index is 5.85. The number of furan rings is 1. The summed E-state index contributed by atoms with van der Waals surface area (Å²) >= 11 is 0. The third kappa shape index (κ3) is 2.80. The highest BCUT2D eigenvalue weighted by molar-refractivity contribution is 5.44. The quantitative estimate of drug-likeness (QED) is 0.879. The van der Waals surface area contributed by atoms with Gasteiger partial charge in [0.2, 0.25) is 0 Å². The molecule has 20 heavy (non-hydrogen) atoms. The Hall–Kier alpha value is -1.94. The lowest BCUT2D eigenvalue weighted by atomic mass is 10.0. The molecule has 0 saturated heterocycles. The molecule has 2 aromatic rings. The molecule has 108 valence electrons. The summed E-state index contributed by atoms with van der Waals surface area (Å²) in [6, 6.07) is 9.69. The molecule has 0 bridgehead atoms.